The van der Waals surface area contributed by atoms with Gasteiger partial charge in [0.1, 0.15) is 12.5 Å². The molecule has 104 valence electrons. The standard InChI is InChI=1S/C12H16N2O4S/c1-3-18-11(16)7-4-5-8-10(7)14-12(19-8)13-6-9(15)17-2/h7H,3-6H2,1-2H3,(H,13,14). The Morgan fingerprint density at radius 3 is 3.00 bits per heavy atom. The summed E-state index contributed by atoms with van der Waals surface area (Å²) in [6.45, 7) is 2.24. The Labute approximate surface area is 115 Å². The predicted octanol–water partition coefficient (Wildman–Crippen LogP) is 1.32. The molecule has 1 aromatic heterocycles. The zero-order chi connectivity index (χ0) is 13.8. The maximum atomic E-state index is 11.8. The van der Waals surface area contributed by atoms with E-state index in [2.05, 4.69) is 15.0 Å². The number of nitrogens with one attached hydrogen (secondary N) is 1. The van der Waals surface area contributed by atoms with Crippen LogP contribution in [-0.2, 0) is 25.5 Å². The Kier molecular flexibility index (Phi) is 4.36. The van der Waals surface area contributed by atoms with Crippen LogP contribution in [0.5, 0.6) is 0 Å². The largest absolute Gasteiger partial charge is 0.468 e. The van der Waals surface area contributed by atoms with Gasteiger partial charge < -0.3 is 14.8 Å². The highest BCUT2D eigenvalue weighted by Crippen LogP contribution is 2.38. The fourth-order valence-electron chi connectivity index (χ4n) is 1.99. The molecule has 2 rings (SSSR count). The predicted molar refractivity (Wildman–Crippen MR) is 70.3 cm³/mol. The number of aryl methyl sites for hydroxylation is 1. The first-order chi connectivity index (χ1) is 9.15. The van der Waals surface area contributed by atoms with Gasteiger partial charge in [0.2, 0.25) is 0 Å². The van der Waals surface area contributed by atoms with Crippen molar-refractivity contribution in [2.24, 2.45) is 0 Å². The summed E-state index contributed by atoms with van der Waals surface area (Å²) in [5.41, 5.74) is 0.788. The second-order valence-electron chi connectivity index (χ2n) is 4.10. The highest BCUT2D eigenvalue weighted by Gasteiger charge is 2.33. The topological polar surface area (TPSA) is 77.5 Å². The van der Waals surface area contributed by atoms with Crippen molar-refractivity contribution in [3.05, 3.63) is 10.6 Å². The quantitative estimate of drug-likeness (QED) is 0.822. The van der Waals surface area contributed by atoms with E-state index in [1.165, 1.54) is 18.4 Å². The molecule has 0 aliphatic heterocycles. The fraction of sp³-hybridized carbons (Fsp3) is 0.583. The first-order valence-corrected chi connectivity index (χ1v) is 6.94. The van der Waals surface area contributed by atoms with Gasteiger partial charge in [0, 0.05) is 4.88 Å². The van der Waals surface area contributed by atoms with Crippen molar-refractivity contribution in [1.29, 1.82) is 0 Å². The first-order valence-electron chi connectivity index (χ1n) is 6.12. The lowest BCUT2D eigenvalue weighted by Crippen LogP contribution is -2.16. The molecule has 0 fully saturated rings. The number of fused-ring (bicyclic) bond motifs is 1. The van der Waals surface area contributed by atoms with Crippen LogP contribution in [0.4, 0.5) is 5.13 Å². The number of esters is 2. The molecule has 0 spiro atoms. The van der Waals surface area contributed by atoms with E-state index in [4.69, 9.17) is 4.74 Å². The van der Waals surface area contributed by atoms with Crippen LogP contribution in [0.1, 0.15) is 29.8 Å². The minimum Gasteiger partial charge on any atom is -0.468 e. The highest BCUT2D eigenvalue weighted by molar-refractivity contribution is 7.15. The normalized spacial score (nSPS) is 16.8. The molecule has 0 amide bonds. The Hall–Kier alpha value is -1.63. The summed E-state index contributed by atoms with van der Waals surface area (Å²) < 4.78 is 9.58. The summed E-state index contributed by atoms with van der Waals surface area (Å²) >= 11 is 1.48. The maximum absolute atomic E-state index is 11.8. The molecule has 0 aromatic carbocycles. The molecule has 1 aliphatic rings. The number of nitrogens with zero attached hydrogens (tertiary/aromatic N) is 1. The Morgan fingerprint density at radius 1 is 1.53 bits per heavy atom. The third-order valence-corrected chi connectivity index (χ3v) is 3.99. The van der Waals surface area contributed by atoms with Gasteiger partial charge in [-0.3, -0.25) is 9.59 Å². The molecule has 1 N–H and O–H groups in total. The van der Waals surface area contributed by atoms with Gasteiger partial charge in [0.05, 0.1) is 19.4 Å². The number of aromatic nitrogens is 1. The number of thiazole rings is 1. The highest BCUT2D eigenvalue weighted by atomic mass is 32.1. The van der Waals surface area contributed by atoms with E-state index in [9.17, 15) is 9.59 Å². The van der Waals surface area contributed by atoms with Gasteiger partial charge >= 0.3 is 11.9 Å². The van der Waals surface area contributed by atoms with Gasteiger partial charge in [-0.1, -0.05) is 0 Å². The number of carbonyl (C=O) groups excluding carboxylic acids is 2. The second kappa shape index (κ2) is 6.01. The third kappa shape index (κ3) is 3.04. The smallest absolute Gasteiger partial charge is 0.325 e. The van der Waals surface area contributed by atoms with Crippen molar-refractivity contribution >= 4 is 28.4 Å². The van der Waals surface area contributed by atoms with Crippen molar-refractivity contribution in [3.63, 3.8) is 0 Å². The lowest BCUT2D eigenvalue weighted by atomic mass is 10.1. The van der Waals surface area contributed by atoms with Crippen LogP contribution < -0.4 is 5.32 Å². The molecular formula is C12H16N2O4S. The van der Waals surface area contributed by atoms with Gasteiger partial charge in [-0.15, -0.1) is 11.3 Å². The van der Waals surface area contributed by atoms with E-state index in [1.807, 2.05) is 0 Å². The number of anilines is 1. The van der Waals surface area contributed by atoms with Gasteiger partial charge in [-0.2, -0.15) is 0 Å². The molecule has 1 unspecified atom stereocenters. The van der Waals surface area contributed by atoms with Crippen LogP contribution in [0, 0.1) is 0 Å². The zero-order valence-electron chi connectivity index (χ0n) is 10.9. The molecular weight excluding hydrogens is 268 g/mol. The van der Waals surface area contributed by atoms with E-state index in [1.54, 1.807) is 6.92 Å². The number of methoxy groups -OCH3 is 1. The summed E-state index contributed by atoms with van der Waals surface area (Å²) in [5.74, 6) is -0.830. The maximum Gasteiger partial charge on any atom is 0.325 e. The number of ether oxygens (including phenoxy) is 2. The molecule has 1 aromatic rings. The molecule has 0 saturated carbocycles. The minimum absolute atomic E-state index is 0.0764. The average Bonchev–Trinajstić information content (AvgIpc) is 2.95. The van der Waals surface area contributed by atoms with E-state index >= 15 is 0 Å². The summed E-state index contributed by atoms with van der Waals surface area (Å²) in [5, 5.41) is 3.54. The molecule has 1 atom stereocenters. The number of carbonyl (C=O) groups is 2. The van der Waals surface area contributed by atoms with Gasteiger partial charge in [-0.25, -0.2) is 4.98 Å². The van der Waals surface area contributed by atoms with Crippen molar-refractivity contribution in [1.82, 2.24) is 4.98 Å². The van der Waals surface area contributed by atoms with Gasteiger partial charge in [0.15, 0.2) is 5.13 Å². The van der Waals surface area contributed by atoms with Gasteiger partial charge in [0.25, 0.3) is 0 Å². The SMILES string of the molecule is CCOC(=O)C1CCc2sc(NCC(=O)OC)nc21. The number of hydrogen-bond donors (Lipinski definition) is 1. The van der Waals surface area contributed by atoms with Crippen LogP contribution in [0.15, 0.2) is 0 Å². The minimum atomic E-state index is -0.350. The van der Waals surface area contributed by atoms with Crippen LogP contribution in [0.25, 0.3) is 0 Å². The molecule has 0 bridgehead atoms. The molecule has 7 heteroatoms. The van der Waals surface area contributed by atoms with Crippen LogP contribution >= 0.6 is 11.3 Å². The first kappa shape index (κ1) is 13.8. The zero-order valence-corrected chi connectivity index (χ0v) is 11.7. The Morgan fingerprint density at radius 2 is 2.32 bits per heavy atom. The van der Waals surface area contributed by atoms with Crippen molar-refractivity contribution < 1.29 is 19.1 Å². The van der Waals surface area contributed by atoms with E-state index in [0.29, 0.717) is 11.7 Å². The fourth-order valence-corrected chi connectivity index (χ4v) is 3.03. The van der Waals surface area contributed by atoms with Crippen molar-refractivity contribution in [3.8, 4) is 0 Å². The molecule has 1 heterocycles. The Balaban J connectivity index is 2.03. The third-order valence-electron chi connectivity index (χ3n) is 2.90. The van der Waals surface area contributed by atoms with Gasteiger partial charge in [-0.05, 0) is 19.8 Å². The summed E-state index contributed by atoms with van der Waals surface area (Å²) in [4.78, 5) is 28.3. The molecule has 1 aliphatic carbocycles. The van der Waals surface area contributed by atoms with E-state index in [-0.39, 0.29) is 24.4 Å². The molecule has 0 saturated heterocycles. The van der Waals surface area contributed by atoms with Crippen molar-refractivity contribution in [2.75, 3.05) is 25.6 Å². The van der Waals surface area contributed by atoms with Crippen molar-refractivity contribution in [2.45, 2.75) is 25.7 Å². The summed E-state index contributed by atoms with van der Waals surface area (Å²) in [6, 6.07) is 0. The molecule has 0 radical (unpaired) electrons. The Bertz CT molecular complexity index is 486. The summed E-state index contributed by atoms with van der Waals surface area (Å²) in [6.07, 6.45) is 1.58. The van der Waals surface area contributed by atoms with Crippen LogP contribution in [0.3, 0.4) is 0 Å². The lowest BCUT2D eigenvalue weighted by Gasteiger charge is -2.07. The summed E-state index contributed by atoms with van der Waals surface area (Å²) in [7, 11) is 1.34. The van der Waals surface area contributed by atoms with E-state index in [0.717, 1.165) is 23.4 Å². The second-order valence-corrected chi connectivity index (χ2v) is 5.18. The molecule has 6 nitrogen and oxygen atoms in total. The number of hydrogen-bond acceptors (Lipinski definition) is 7. The average molecular weight is 284 g/mol. The number of rotatable bonds is 5. The van der Waals surface area contributed by atoms with Crippen LogP contribution in [-0.4, -0.2) is 37.2 Å². The molecule has 19 heavy (non-hydrogen) atoms. The monoisotopic (exact) mass is 284 g/mol. The van der Waals surface area contributed by atoms with E-state index < -0.39 is 0 Å². The lowest BCUT2D eigenvalue weighted by molar-refractivity contribution is -0.145. The van der Waals surface area contributed by atoms with Crippen LogP contribution in [0.2, 0.25) is 0 Å².